The highest BCUT2D eigenvalue weighted by atomic mass is 16.2. The van der Waals surface area contributed by atoms with Gasteiger partial charge in [-0.1, -0.05) is 36.4 Å². The summed E-state index contributed by atoms with van der Waals surface area (Å²) in [6, 6.07) is 22.6. The van der Waals surface area contributed by atoms with Crippen molar-refractivity contribution in [3.05, 3.63) is 89.0 Å². The van der Waals surface area contributed by atoms with Crippen molar-refractivity contribution in [2.75, 3.05) is 27.2 Å². The lowest BCUT2D eigenvalue weighted by atomic mass is 9.89. The van der Waals surface area contributed by atoms with Gasteiger partial charge in [-0.25, -0.2) is 0 Å². The molecular formula is C28H22N4O2. The van der Waals surface area contributed by atoms with E-state index in [4.69, 9.17) is 10.3 Å². The predicted molar refractivity (Wildman–Crippen MR) is 134 cm³/mol. The van der Waals surface area contributed by atoms with Gasteiger partial charge >= 0.3 is 0 Å². The molecule has 0 atom stereocenters. The first-order chi connectivity index (χ1) is 16.5. The molecule has 0 aliphatic carbocycles. The Labute approximate surface area is 197 Å². The number of fused-ring (bicyclic) bond motifs is 2. The molecule has 0 N–H and O–H groups in total. The van der Waals surface area contributed by atoms with Crippen molar-refractivity contribution >= 4 is 45.3 Å². The minimum Gasteiger partial charge on any atom is -0.308 e. The summed E-state index contributed by atoms with van der Waals surface area (Å²) in [6.07, 6.45) is 1.75. The second kappa shape index (κ2) is 8.54. The summed E-state index contributed by atoms with van der Waals surface area (Å²) in [5.41, 5.74) is 3.30. The first-order valence-corrected chi connectivity index (χ1v) is 11.0. The number of nitriles is 1. The maximum atomic E-state index is 13.6. The fraction of sp³-hybridized carbons (Fsp3) is 0.143. The fourth-order valence-corrected chi connectivity index (χ4v) is 4.36. The number of hydrogen-bond acceptors (Lipinski definition) is 5. The maximum absolute atomic E-state index is 13.6. The normalized spacial score (nSPS) is 13.4. The van der Waals surface area contributed by atoms with E-state index in [9.17, 15) is 9.59 Å². The van der Waals surface area contributed by atoms with Gasteiger partial charge in [0.25, 0.3) is 11.8 Å². The second-order valence-electron chi connectivity index (χ2n) is 8.58. The molecule has 0 bridgehead atoms. The van der Waals surface area contributed by atoms with E-state index in [1.165, 1.54) is 4.90 Å². The zero-order valence-corrected chi connectivity index (χ0v) is 18.9. The van der Waals surface area contributed by atoms with Crippen LogP contribution in [0, 0.1) is 11.3 Å². The zero-order chi connectivity index (χ0) is 23.8. The molecule has 6 nitrogen and oxygen atoms in total. The molecular weight excluding hydrogens is 424 g/mol. The van der Waals surface area contributed by atoms with E-state index in [1.54, 1.807) is 24.4 Å². The van der Waals surface area contributed by atoms with Gasteiger partial charge in [0.15, 0.2) is 0 Å². The summed E-state index contributed by atoms with van der Waals surface area (Å²) in [5, 5.41) is 12.2. The Morgan fingerprint density at radius 2 is 1.74 bits per heavy atom. The Bertz CT molecular complexity index is 1530. The van der Waals surface area contributed by atoms with E-state index in [-0.39, 0.29) is 11.8 Å². The number of imide groups is 1. The highest BCUT2D eigenvalue weighted by Crippen LogP contribution is 2.38. The number of carbonyl (C=O) groups excluding carboxylic acids is 2. The van der Waals surface area contributed by atoms with Gasteiger partial charge in [-0.3, -0.25) is 19.5 Å². The molecule has 5 rings (SSSR count). The highest BCUT2D eigenvalue weighted by molar-refractivity contribution is 6.31. The van der Waals surface area contributed by atoms with Crippen LogP contribution in [0.2, 0.25) is 0 Å². The van der Waals surface area contributed by atoms with Crippen molar-refractivity contribution < 1.29 is 9.59 Å². The third-order valence-electron chi connectivity index (χ3n) is 6.10. The Morgan fingerprint density at radius 1 is 0.971 bits per heavy atom. The molecule has 0 saturated carbocycles. The topological polar surface area (TPSA) is 76.8 Å². The number of carbonyl (C=O) groups is 2. The molecule has 0 radical (unpaired) electrons. The summed E-state index contributed by atoms with van der Waals surface area (Å²) in [6.45, 7) is 0.918. The number of benzene rings is 4. The predicted octanol–water partition coefficient (Wildman–Crippen LogP) is 4.77. The van der Waals surface area contributed by atoms with Crippen LogP contribution in [0.3, 0.4) is 0 Å². The van der Waals surface area contributed by atoms with Gasteiger partial charge in [0.05, 0.1) is 22.9 Å². The summed E-state index contributed by atoms with van der Waals surface area (Å²) >= 11 is 0. The van der Waals surface area contributed by atoms with Crippen molar-refractivity contribution in [1.82, 2.24) is 9.80 Å². The van der Waals surface area contributed by atoms with Gasteiger partial charge in [-0.05, 0) is 60.8 Å². The number of hydrogen-bond donors (Lipinski definition) is 0. The molecule has 6 heteroatoms. The van der Waals surface area contributed by atoms with Crippen molar-refractivity contribution in [3.63, 3.8) is 0 Å². The maximum Gasteiger partial charge on any atom is 0.262 e. The Balaban J connectivity index is 1.67. The second-order valence-corrected chi connectivity index (χ2v) is 8.58. The average Bonchev–Trinajstić information content (AvgIpc) is 2.85. The van der Waals surface area contributed by atoms with Crippen LogP contribution in [0.1, 0.15) is 31.8 Å². The van der Waals surface area contributed by atoms with Gasteiger partial charge in [-0.15, -0.1) is 0 Å². The smallest absolute Gasteiger partial charge is 0.262 e. The summed E-state index contributed by atoms with van der Waals surface area (Å²) in [4.78, 5) is 34.8. The van der Waals surface area contributed by atoms with E-state index in [0.29, 0.717) is 35.2 Å². The molecule has 34 heavy (non-hydrogen) atoms. The number of nitrogens with zero attached hydrogens (tertiary/aromatic N) is 4. The van der Waals surface area contributed by atoms with Gasteiger partial charge in [0.2, 0.25) is 0 Å². The molecule has 1 aliphatic heterocycles. The van der Waals surface area contributed by atoms with Crippen molar-refractivity contribution in [2.24, 2.45) is 4.99 Å². The van der Waals surface area contributed by atoms with Gasteiger partial charge < -0.3 is 4.90 Å². The Hall–Kier alpha value is -4.34. The third-order valence-corrected chi connectivity index (χ3v) is 6.10. The lowest BCUT2D eigenvalue weighted by Crippen LogP contribution is -2.43. The highest BCUT2D eigenvalue weighted by Gasteiger charge is 2.34. The lowest BCUT2D eigenvalue weighted by Gasteiger charge is -2.29. The summed E-state index contributed by atoms with van der Waals surface area (Å²) in [7, 11) is 3.84. The molecule has 0 spiro atoms. The first kappa shape index (κ1) is 21.5. The number of rotatable bonds is 5. The number of likely N-dealkylation sites (N-methyl/N-ethyl adjacent to an activating group) is 1. The van der Waals surface area contributed by atoms with Crippen LogP contribution >= 0.6 is 0 Å². The van der Waals surface area contributed by atoms with Crippen molar-refractivity contribution in [2.45, 2.75) is 0 Å². The first-order valence-electron chi connectivity index (χ1n) is 11.0. The molecule has 0 fully saturated rings. The minimum atomic E-state index is -0.269. The average molecular weight is 447 g/mol. The molecule has 0 unspecified atom stereocenters. The van der Waals surface area contributed by atoms with Gasteiger partial charge in [0, 0.05) is 35.6 Å². The molecule has 0 aromatic heterocycles. The molecule has 1 aliphatic rings. The van der Waals surface area contributed by atoms with Crippen LogP contribution in [0.25, 0.3) is 21.5 Å². The third kappa shape index (κ3) is 3.62. The number of amides is 2. The summed E-state index contributed by atoms with van der Waals surface area (Å²) < 4.78 is 0. The van der Waals surface area contributed by atoms with Crippen molar-refractivity contribution in [1.29, 1.82) is 5.26 Å². The van der Waals surface area contributed by atoms with E-state index in [1.807, 2.05) is 67.5 Å². The fourth-order valence-electron chi connectivity index (χ4n) is 4.36. The summed E-state index contributed by atoms with van der Waals surface area (Å²) in [5.74, 6) is -0.520. The van der Waals surface area contributed by atoms with E-state index in [0.717, 1.165) is 27.4 Å². The monoisotopic (exact) mass is 446 g/mol. The van der Waals surface area contributed by atoms with Crippen LogP contribution in [0.4, 0.5) is 5.69 Å². The largest absolute Gasteiger partial charge is 0.308 e. The molecule has 0 saturated heterocycles. The van der Waals surface area contributed by atoms with E-state index >= 15 is 0 Å². The molecule has 2 amide bonds. The SMILES string of the molecule is CN(C)CCN1C(=O)c2cccc3cc4c(/N=C\c5ccc(C#N)cc5)cccc4c(c23)C1=O. The molecule has 166 valence electrons. The van der Waals surface area contributed by atoms with Crippen LogP contribution in [-0.4, -0.2) is 55.0 Å². The van der Waals surface area contributed by atoms with E-state index in [2.05, 4.69) is 6.07 Å². The van der Waals surface area contributed by atoms with Crippen molar-refractivity contribution in [3.8, 4) is 6.07 Å². The van der Waals surface area contributed by atoms with Gasteiger partial charge in [-0.2, -0.15) is 5.26 Å². The Morgan fingerprint density at radius 3 is 2.47 bits per heavy atom. The lowest BCUT2D eigenvalue weighted by molar-refractivity contribution is 0.0602. The van der Waals surface area contributed by atoms with Crippen LogP contribution in [0.15, 0.2) is 71.7 Å². The molecule has 4 aromatic rings. The molecule has 4 aromatic carbocycles. The van der Waals surface area contributed by atoms with Gasteiger partial charge in [0.1, 0.15) is 0 Å². The molecule has 1 heterocycles. The minimum absolute atomic E-state index is 0.251. The van der Waals surface area contributed by atoms with Crippen LogP contribution < -0.4 is 0 Å². The Kier molecular flexibility index (Phi) is 5.40. The number of aliphatic imine (C=N–C) groups is 1. The van der Waals surface area contributed by atoms with Crippen LogP contribution in [0.5, 0.6) is 0 Å². The standard InChI is InChI=1S/C28H22N4O2/c1-31(2)13-14-32-27(33)22-7-3-5-20-15-23-21(26(25(20)22)28(32)34)6-4-8-24(23)30-17-19-11-9-18(16-29)10-12-19/h3-12,15,17H,13-14H2,1-2H3/b30-17-. The zero-order valence-electron chi connectivity index (χ0n) is 18.9. The van der Waals surface area contributed by atoms with Crippen LogP contribution in [-0.2, 0) is 0 Å². The quantitative estimate of drug-likeness (QED) is 0.251. The van der Waals surface area contributed by atoms with E-state index < -0.39 is 0 Å².